The molecule has 1 atom stereocenters. The predicted octanol–water partition coefficient (Wildman–Crippen LogP) is 0.466. The van der Waals surface area contributed by atoms with Crippen molar-refractivity contribution in [2.45, 2.75) is 12.5 Å². The third kappa shape index (κ3) is 1.64. The Labute approximate surface area is 64.4 Å². The number of carbonyl (C=O) groups is 1. The van der Waals surface area contributed by atoms with Crippen LogP contribution < -0.4 is 0 Å². The number of thioether (sulfide) groups is 1. The quantitative estimate of drug-likeness (QED) is 0.606. The van der Waals surface area contributed by atoms with Gasteiger partial charge in [-0.3, -0.25) is 9.69 Å². The van der Waals surface area contributed by atoms with Crippen molar-refractivity contribution in [1.29, 1.82) is 0 Å². The standard InChI is InChI=1S/C6H11NO2S/c1-7-4-10-3-2-5(7)6(8)9/h5H,2-4H2,1H3,(H,8,9)/t5-/m1/s1. The molecule has 0 unspecified atom stereocenters. The van der Waals surface area contributed by atoms with Gasteiger partial charge in [0.25, 0.3) is 0 Å². The summed E-state index contributed by atoms with van der Waals surface area (Å²) < 4.78 is 0. The molecule has 0 bridgehead atoms. The molecule has 0 amide bonds. The van der Waals surface area contributed by atoms with Crippen molar-refractivity contribution in [3.63, 3.8) is 0 Å². The zero-order valence-electron chi connectivity index (χ0n) is 5.91. The minimum Gasteiger partial charge on any atom is -0.480 e. The summed E-state index contributed by atoms with van der Waals surface area (Å²) in [6.45, 7) is 0. The van der Waals surface area contributed by atoms with E-state index in [0.717, 1.165) is 18.1 Å². The van der Waals surface area contributed by atoms with Gasteiger partial charge < -0.3 is 5.11 Å². The summed E-state index contributed by atoms with van der Waals surface area (Å²) in [5, 5.41) is 8.66. The number of rotatable bonds is 1. The molecule has 4 heteroatoms. The molecule has 0 saturated carbocycles. The predicted molar refractivity (Wildman–Crippen MR) is 41.1 cm³/mol. The molecule has 1 aliphatic rings. The second-order valence-corrected chi connectivity index (χ2v) is 3.51. The SMILES string of the molecule is CN1CSCC[C@@H]1C(=O)O. The molecule has 0 aromatic heterocycles. The monoisotopic (exact) mass is 161 g/mol. The highest BCUT2D eigenvalue weighted by molar-refractivity contribution is 7.99. The molecule has 0 spiro atoms. The van der Waals surface area contributed by atoms with Gasteiger partial charge >= 0.3 is 5.97 Å². The summed E-state index contributed by atoms with van der Waals surface area (Å²) in [6, 6.07) is -0.249. The van der Waals surface area contributed by atoms with E-state index < -0.39 is 5.97 Å². The first-order valence-corrected chi connectivity index (χ1v) is 4.38. The Morgan fingerprint density at radius 2 is 2.50 bits per heavy atom. The van der Waals surface area contributed by atoms with Gasteiger partial charge in [-0.05, 0) is 19.2 Å². The summed E-state index contributed by atoms with van der Waals surface area (Å²) in [7, 11) is 1.85. The van der Waals surface area contributed by atoms with E-state index in [0.29, 0.717) is 0 Å². The third-order valence-electron chi connectivity index (χ3n) is 1.65. The molecule has 1 saturated heterocycles. The smallest absolute Gasteiger partial charge is 0.320 e. The second kappa shape index (κ2) is 3.25. The van der Waals surface area contributed by atoms with E-state index >= 15 is 0 Å². The van der Waals surface area contributed by atoms with Gasteiger partial charge in [-0.25, -0.2) is 0 Å². The molecule has 0 radical (unpaired) electrons. The lowest BCUT2D eigenvalue weighted by Crippen LogP contribution is -2.41. The first kappa shape index (κ1) is 7.88. The van der Waals surface area contributed by atoms with Crippen LogP contribution in [0.15, 0.2) is 0 Å². The third-order valence-corrected chi connectivity index (χ3v) is 2.76. The van der Waals surface area contributed by atoms with E-state index in [2.05, 4.69) is 0 Å². The molecule has 58 valence electrons. The summed E-state index contributed by atoms with van der Waals surface area (Å²) in [5.74, 6) is 1.13. The van der Waals surface area contributed by atoms with Crippen molar-refractivity contribution >= 4 is 17.7 Å². The van der Waals surface area contributed by atoms with Crippen molar-refractivity contribution < 1.29 is 9.90 Å². The van der Waals surface area contributed by atoms with E-state index in [1.165, 1.54) is 0 Å². The van der Waals surface area contributed by atoms with Gasteiger partial charge in [-0.2, -0.15) is 0 Å². The maximum absolute atomic E-state index is 10.5. The summed E-state index contributed by atoms with van der Waals surface area (Å²) in [4.78, 5) is 12.4. The molecule has 1 aliphatic heterocycles. The minimum absolute atomic E-state index is 0.249. The van der Waals surface area contributed by atoms with Gasteiger partial charge in [0.1, 0.15) is 6.04 Å². The molecule has 1 N–H and O–H groups in total. The number of hydrogen-bond donors (Lipinski definition) is 1. The maximum atomic E-state index is 10.5. The topological polar surface area (TPSA) is 40.5 Å². The molecule has 1 rings (SSSR count). The van der Waals surface area contributed by atoms with E-state index in [1.54, 1.807) is 11.8 Å². The highest BCUT2D eigenvalue weighted by Gasteiger charge is 2.24. The number of carboxylic acids is 1. The second-order valence-electron chi connectivity index (χ2n) is 2.44. The van der Waals surface area contributed by atoms with Gasteiger partial charge in [0.05, 0.1) is 0 Å². The Balaban J connectivity index is 2.47. The van der Waals surface area contributed by atoms with Crippen molar-refractivity contribution in [2.75, 3.05) is 18.7 Å². The summed E-state index contributed by atoms with van der Waals surface area (Å²) >= 11 is 1.79. The van der Waals surface area contributed by atoms with Gasteiger partial charge in [0.15, 0.2) is 0 Å². The van der Waals surface area contributed by atoms with Gasteiger partial charge in [-0.1, -0.05) is 0 Å². The number of hydrogen-bond acceptors (Lipinski definition) is 3. The van der Waals surface area contributed by atoms with Crippen molar-refractivity contribution in [1.82, 2.24) is 4.90 Å². The van der Waals surface area contributed by atoms with Crippen LogP contribution in [0.4, 0.5) is 0 Å². The highest BCUT2D eigenvalue weighted by atomic mass is 32.2. The molecule has 1 heterocycles. The average Bonchev–Trinajstić information content (AvgIpc) is 1.88. The normalized spacial score (nSPS) is 28.3. The maximum Gasteiger partial charge on any atom is 0.320 e. The van der Waals surface area contributed by atoms with Crippen molar-refractivity contribution in [2.24, 2.45) is 0 Å². The van der Waals surface area contributed by atoms with Crippen LogP contribution in [0.3, 0.4) is 0 Å². The minimum atomic E-state index is -0.692. The molecule has 3 nitrogen and oxygen atoms in total. The summed E-state index contributed by atoms with van der Waals surface area (Å²) in [6.07, 6.45) is 0.774. The van der Waals surface area contributed by atoms with Crippen LogP contribution in [-0.2, 0) is 4.79 Å². The Morgan fingerprint density at radius 3 is 2.90 bits per heavy atom. The van der Waals surface area contributed by atoms with E-state index in [-0.39, 0.29) is 6.04 Å². The Kier molecular flexibility index (Phi) is 2.56. The lowest BCUT2D eigenvalue weighted by atomic mass is 10.2. The van der Waals surface area contributed by atoms with Crippen molar-refractivity contribution in [3.8, 4) is 0 Å². The fourth-order valence-corrected chi connectivity index (χ4v) is 2.01. The number of carboxylic acid groups (broad SMARTS) is 1. The Morgan fingerprint density at radius 1 is 1.80 bits per heavy atom. The zero-order valence-corrected chi connectivity index (χ0v) is 6.73. The van der Waals surface area contributed by atoms with Gasteiger partial charge in [0, 0.05) is 5.88 Å². The molecule has 10 heavy (non-hydrogen) atoms. The largest absolute Gasteiger partial charge is 0.480 e. The molecule has 0 aromatic rings. The fraction of sp³-hybridized carbons (Fsp3) is 0.833. The van der Waals surface area contributed by atoms with Gasteiger partial charge in [0.2, 0.25) is 0 Å². The van der Waals surface area contributed by atoms with E-state index in [9.17, 15) is 4.79 Å². The lowest BCUT2D eigenvalue weighted by Gasteiger charge is -2.28. The molecule has 1 fully saturated rings. The first-order chi connectivity index (χ1) is 4.72. The van der Waals surface area contributed by atoms with Crippen LogP contribution in [0, 0.1) is 0 Å². The number of nitrogens with zero attached hydrogens (tertiary/aromatic N) is 1. The van der Waals surface area contributed by atoms with Crippen LogP contribution >= 0.6 is 11.8 Å². The zero-order chi connectivity index (χ0) is 7.56. The van der Waals surface area contributed by atoms with E-state index in [4.69, 9.17) is 5.11 Å². The van der Waals surface area contributed by atoms with E-state index in [1.807, 2.05) is 11.9 Å². The summed E-state index contributed by atoms with van der Waals surface area (Å²) in [5.41, 5.74) is 0. The lowest BCUT2D eigenvalue weighted by molar-refractivity contribution is -0.142. The fourth-order valence-electron chi connectivity index (χ4n) is 1.03. The van der Waals surface area contributed by atoms with Gasteiger partial charge in [-0.15, -0.1) is 11.8 Å². The van der Waals surface area contributed by atoms with Crippen LogP contribution in [0.1, 0.15) is 6.42 Å². The molecular formula is C6H11NO2S. The molecule has 0 aromatic carbocycles. The average molecular weight is 161 g/mol. The molecular weight excluding hydrogens is 150 g/mol. The Bertz CT molecular complexity index is 140. The number of likely N-dealkylation sites (N-methyl/N-ethyl adjacent to an activating group) is 1. The first-order valence-electron chi connectivity index (χ1n) is 3.22. The highest BCUT2D eigenvalue weighted by Crippen LogP contribution is 2.17. The Hall–Kier alpha value is -0.220. The number of aliphatic carboxylic acids is 1. The van der Waals surface area contributed by atoms with Crippen LogP contribution in [0.5, 0.6) is 0 Å². The molecule has 0 aliphatic carbocycles. The van der Waals surface area contributed by atoms with Crippen LogP contribution in [0.25, 0.3) is 0 Å². The van der Waals surface area contributed by atoms with Crippen LogP contribution in [0.2, 0.25) is 0 Å². The van der Waals surface area contributed by atoms with Crippen molar-refractivity contribution in [3.05, 3.63) is 0 Å². The van der Waals surface area contributed by atoms with Crippen LogP contribution in [-0.4, -0.2) is 40.7 Å².